The van der Waals surface area contributed by atoms with Gasteiger partial charge in [0.05, 0.1) is 0 Å². The first kappa shape index (κ1) is 12.4. The molecule has 0 aromatic heterocycles. The van der Waals surface area contributed by atoms with Crippen molar-refractivity contribution in [3.8, 4) is 0 Å². The maximum Gasteiger partial charge on any atom is 0.185 e. The van der Waals surface area contributed by atoms with Crippen molar-refractivity contribution in [2.24, 2.45) is 16.5 Å². The van der Waals surface area contributed by atoms with E-state index in [9.17, 15) is 4.39 Å². The van der Waals surface area contributed by atoms with E-state index in [4.69, 9.17) is 11.5 Å². The molecule has 0 atom stereocenters. The van der Waals surface area contributed by atoms with Gasteiger partial charge in [-0.05, 0) is 31.5 Å². The van der Waals surface area contributed by atoms with Gasteiger partial charge in [0.25, 0.3) is 0 Å². The number of nitrogens with two attached hydrogens (primary N) is 2. The SMILES string of the molecule is CCN=C(N)N.Cc1cccc(F)c1. The van der Waals surface area contributed by atoms with Crippen molar-refractivity contribution in [1.29, 1.82) is 0 Å². The fourth-order valence-corrected chi connectivity index (χ4v) is 0.788. The summed E-state index contributed by atoms with van der Waals surface area (Å²) in [5, 5.41) is 0. The lowest BCUT2D eigenvalue weighted by molar-refractivity contribution is 0.626. The number of benzene rings is 1. The van der Waals surface area contributed by atoms with E-state index in [1.807, 2.05) is 19.9 Å². The molecule has 0 amide bonds. The van der Waals surface area contributed by atoms with Crippen LogP contribution in [0.1, 0.15) is 12.5 Å². The third-order valence-corrected chi connectivity index (χ3v) is 1.32. The van der Waals surface area contributed by atoms with Gasteiger partial charge in [0.15, 0.2) is 5.96 Å². The van der Waals surface area contributed by atoms with Crippen LogP contribution < -0.4 is 11.5 Å². The molecule has 78 valence electrons. The highest BCUT2D eigenvalue weighted by Gasteiger charge is 1.84. The number of rotatable bonds is 1. The second-order valence-corrected chi connectivity index (χ2v) is 2.70. The van der Waals surface area contributed by atoms with Crippen molar-refractivity contribution in [2.45, 2.75) is 13.8 Å². The van der Waals surface area contributed by atoms with Crippen molar-refractivity contribution >= 4 is 5.96 Å². The summed E-state index contributed by atoms with van der Waals surface area (Å²) >= 11 is 0. The number of aryl methyl sites for hydroxylation is 1. The van der Waals surface area contributed by atoms with Crippen LogP contribution in [0.2, 0.25) is 0 Å². The molecule has 0 fully saturated rings. The number of halogens is 1. The summed E-state index contributed by atoms with van der Waals surface area (Å²) in [4.78, 5) is 3.60. The highest BCUT2D eigenvalue weighted by molar-refractivity contribution is 5.75. The van der Waals surface area contributed by atoms with E-state index < -0.39 is 0 Å². The van der Waals surface area contributed by atoms with Gasteiger partial charge in [-0.25, -0.2) is 4.39 Å². The Labute approximate surface area is 83.6 Å². The first-order valence-corrected chi connectivity index (χ1v) is 4.33. The normalized spacial score (nSPS) is 8.50. The summed E-state index contributed by atoms with van der Waals surface area (Å²) in [7, 11) is 0. The molecule has 0 aliphatic carbocycles. The number of aliphatic imine (C=N–C) groups is 1. The largest absolute Gasteiger partial charge is 0.370 e. The Balaban J connectivity index is 0.000000255. The molecule has 0 spiro atoms. The quantitative estimate of drug-likeness (QED) is 0.528. The Bertz CT molecular complexity index is 276. The average molecular weight is 197 g/mol. The van der Waals surface area contributed by atoms with E-state index in [1.165, 1.54) is 12.1 Å². The van der Waals surface area contributed by atoms with Gasteiger partial charge in [-0.3, -0.25) is 4.99 Å². The predicted octanol–water partition coefficient (Wildman–Crippen LogP) is 1.41. The molecule has 0 bridgehead atoms. The van der Waals surface area contributed by atoms with E-state index in [0.29, 0.717) is 6.54 Å². The van der Waals surface area contributed by atoms with Gasteiger partial charge in [0.2, 0.25) is 0 Å². The zero-order valence-electron chi connectivity index (χ0n) is 8.50. The smallest absolute Gasteiger partial charge is 0.185 e. The van der Waals surface area contributed by atoms with Crippen LogP contribution in [0.3, 0.4) is 0 Å². The number of guanidine groups is 1. The minimum Gasteiger partial charge on any atom is -0.370 e. The van der Waals surface area contributed by atoms with Crippen LogP contribution in [0.25, 0.3) is 0 Å². The fourth-order valence-electron chi connectivity index (χ4n) is 0.788. The first-order valence-electron chi connectivity index (χ1n) is 4.33. The summed E-state index contributed by atoms with van der Waals surface area (Å²) in [5.74, 6) is 0.00231. The lowest BCUT2D eigenvalue weighted by Gasteiger charge is -1.87. The first-order chi connectivity index (χ1) is 6.56. The van der Waals surface area contributed by atoms with Gasteiger partial charge < -0.3 is 11.5 Å². The van der Waals surface area contributed by atoms with Gasteiger partial charge in [-0.2, -0.15) is 0 Å². The van der Waals surface area contributed by atoms with E-state index in [0.717, 1.165) is 5.56 Å². The van der Waals surface area contributed by atoms with Crippen LogP contribution >= 0.6 is 0 Å². The Morgan fingerprint density at radius 2 is 2.07 bits per heavy atom. The zero-order chi connectivity index (χ0) is 11.0. The van der Waals surface area contributed by atoms with Gasteiger partial charge in [-0.1, -0.05) is 12.1 Å². The number of nitrogens with zero attached hydrogens (tertiary/aromatic N) is 1. The number of hydrogen-bond acceptors (Lipinski definition) is 1. The van der Waals surface area contributed by atoms with Crippen LogP contribution in [-0.2, 0) is 0 Å². The molecule has 0 radical (unpaired) electrons. The van der Waals surface area contributed by atoms with Crippen molar-refractivity contribution in [3.63, 3.8) is 0 Å². The number of hydrogen-bond donors (Lipinski definition) is 2. The summed E-state index contributed by atoms with van der Waals surface area (Å²) in [6.07, 6.45) is 0. The molecule has 0 saturated carbocycles. The van der Waals surface area contributed by atoms with Gasteiger partial charge >= 0.3 is 0 Å². The van der Waals surface area contributed by atoms with E-state index in [1.54, 1.807) is 6.07 Å². The van der Waals surface area contributed by atoms with E-state index >= 15 is 0 Å². The summed E-state index contributed by atoms with van der Waals surface area (Å²) < 4.78 is 12.2. The van der Waals surface area contributed by atoms with Crippen molar-refractivity contribution in [1.82, 2.24) is 0 Å². The molecule has 1 aromatic rings. The lowest BCUT2D eigenvalue weighted by atomic mass is 10.2. The van der Waals surface area contributed by atoms with Gasteiger partial charge in [0.1, 0.15) is 5.82 Å². The molecule has 0 saturated heterocycles. The summed E-state index contributed by atoms with van der Waals surface area (Å²) in [5.41, 5.74) is 10.8. The van der Waals surface area contributed by atoms with Crippen LogP contribution in [0.15, 0.2) is 29.3 Å². The Kier molecular flexibility index (Phi) is 6.11. The van der Waals surface area contributed by atoms with Crippen LogP contribution in [0.4, 0.5) is 4.39 Å². The molecule has 1 aromatic carbocycles. The molecular formula is C10H16FN3. The second kappa shape index (κ2) is 6.88. The average Bonchev–Trinajstić information content (AvgIpc) is 2.03. The molecule has 0 heterocycles. The maximum absolute atomic E-state index is 12.2. The van der Waals surface area contributed by atoms with Crippen LogP contribution in [-0.4, -0.2) is 12.5 Å². The molecule has 0 aliphatic rings. The molecule has 4 heteroatoms. The minimum absolute atomic E-state index is 0.162. The highest BCUT2D eigenvalue weighted by Crippen LogP contribution is 1.99. The van der Waals surface area contributed by atoms with E-state index in [-0.39, 0.29) is 11.8 Å². The van der Waals surface area contributed by atoms with Crippen molar-refractivity contribution in [2.75, 3.05) is 6.54 Å². The highest BCUT2D eigenvalue weighted by atomic mass is 19.1. The summed E-state index contributed by atoms with van der Waals surface area (Å²) in [6.45, 7) is 4.41. The lowest BCUT2D eigenvalue weighted by Crippen LogP contribution is -2.22. The van der Waals surface area contributed by atoms with Crippen molar-refractivity contribution < 1.29 is 4.39 Å². The molecule has 3 nitrogen and oxygen atoms in total. The Hall–Kier alpha value is -1.58. The molecule has 0 aliphatic heterocycles. The molecule has 0 unspecified atom stereocenters. The molecule has 1 rings (SSSR count). The Morgan fingerprint density at radius 3 is 2.29 bits per heavy atom. The second-order valence-electron chi connectivity index (χ2n) is 2.70. The third-order valence-electron chi connectivity index (χ3n) is 1.32. The summed E-state index contributed by atoms with van der Waals surface area (Å²) in [6, 6.07) is 6.50. The van der Waals surface area contributed by atoms with Crippen LogP contribution in [0.5, 0.6) is 0 Å². The van der Waals surface area contributed by atoms with Crippen molar-refractivity contribution in [3.05, 3.63) is 35.6 Å². The maximum atomic E-state index is 12.2. The molecule has 14 heavy (non-hydrogen) atoms. The standard InChI is InChI=1S/C7H7F.C3H9N3/c1-6-3-2-4-7(8)5-6;1-2-6-3(4)5/h2-5H,1H3;2H2,1H3,(H4,4,5,6). The minimum atomic E-state index is -0.162. The fraction of sp³-hybridized carbons (Fsp3) is 0.300. The molecular weight excluding hydrogens is 181 g/mol. The monoisotopic (exact) mass is 197 g/mol. The topological polar surface area (TPSA) is 64.4 Å². The van der Waals surface area contributed by atoms with Gasteiger partial charge in [0, 0.05) is 6.54 Å². The van der Waals surface area contributed by atoms with E-state index in [2.05, 4.69) is 4.99 Å². The predicted molar refractivity (Wildman–Crippen MR) is 57.5 cm³/mol. The zero-order valence-corrected chi connectivity index (χ0v) is 8.50. The Morgan fingerprint density at radius 1 is 1.43 bits per heavy atom. The molecule has 4 N–H and O–H groups in total. The van der Waals surface area contributed by atoms with Gasteiger partial charge in [-0.15, -0.1) is 0 Å². The van der Waals surface area contributed by atoms with Crippen LogP contribution in [0, 0.1) is 12.7 Å². The third kappa shape index (κ3) is 7.09.